The van der Waals surface area contributed by atoms with Crippen LogP contribution in [0, 0.1) is 10.8 Å². The monoisotopic (exact) mass is 434 g/mol. The summed E-state index contributed by atoms with van der Waals surface area (Å²) in [5.41, 5.74) is -0.601. The molecule has 0 N–H and O–H groups in total. The molecule has 1 aliphatic carbocycles. The summed E-state index contributed by atoms with van der Waals surface area (Å²) in [4.78, 5) is 2.52. The number of halogens is 3. The van der Waals surface area contributed by atoms with Crippen molar-refractivity contribution >= 4 is 10.0 Å². The van der Waals surface area contributed by atoms with E-state index in [4.69, 9.17) is 4.74 Å². The van der Waals surface area contributed by atoms with Gasteiger partial charge in [0, 0.05) is 50.7 Å². The van der Waals surface area contributed by atoms with Crippen molar-refractivity contribution in [1.82, 2.24) is 19.0 Å². The minimum absolute atomic E-state index is 0.180. The minimum Gasteiger partial charge on any atom is -0.380 e. The number of aromatic nitrogens is 2. The number of piperidine rings is 1. The molecule has 162 valence electrons. The molecule has 4 heterocycles. The van der Waals surface area contributed by atoms with Gasteiger partial charge in [0.15, 0.2) is 10.7 Å². The highest BCUT2D eigenvalue weighted by atomic mass is 32.2. The first-order chi connectivity index (χ1) is 13.5. The molecule has 11 heteroatoms. The van der Waals surface area contributed by atoms with Crippen LogP contribution >= 0.6 is 0 Å². The van der Waals surface area contributed by atoms with Crippen molar-refractivity contribution in [3.05, 3.63) is 11.8 Å². The van der Waals surface area contributed by atoms with E-state index in [0.29, 0.717) is 30.6 Å². The molecule has 1 aromatic heterocycles. The van der Waals surface area contributed by atoms with Gasteiger partial charge < -0.3 is 4.74 Å². The third-order valence-electron chi connectivity index (χ3n) is 7.26. The minimum atomic E-state index is -4.67. The fourth-order valence-corrected chi connectivity index (χ4v) is 6.98. The molecule has 0 aromatic carbocycles. The molecule has 4 aliphatic rings. The zero-order valence-corrected chi connectivity index (χ0v) is 17.1. The van der Waals surface area contributed by atoms with Crippen LogP contribution in [0.2, 0.25) is 0 Å². The Hall–Kier alpha value is -1.17. The Labute approximate surface area is 167 Å². The van der Waals surface area contributed by atoms with Crippen LogP contribution in [-0.4, -0.2) is 72.8 Å². The lowest BCUT2D eigenvalue weighted by Gasteiger charge is -2.63. The lowest BCUT2D eigenvalue weighted by atomic mass is 9.59. The molecule has 1 aromatic rings. The van der Waals surface area contributed by atoms with Gasteiger partial charge in [-0.05, 0) is 31.1 Å². The smallest absolute Gasteiger partial charge is 0.380 e. The Morgan fingerprint density at radius 3 is 2.24 bits per heavy atom. The molecule has 2 spiro atoms. The molecule has 0 unspecified atom stereocenters. The van der Waals surface area contributed by atoms with Crippen LogP contribution in [0.4, 0.5) is 13.2 Å². The van der Waals surface area contributed by atoms with E-state index in [1.165, 1.54) is 11.4 Å². The SMILES string of the molecule is Cn1nc(C(F)(F)F)cc1S(=O)(=O)N1CCC2(CC1)CC(N1CC3(COC3)C1)C2. The van der Waals surface area contributed by atoms with Crippen LogP contribution in [-0.2, 0) is 28.0 Å². The lowest BCUT2D eigenvalue weighted by molar-refractivity contribution is -0.215. The second-order valence-electron chi connectivity index (χ2n) is 9.35. The molecule has 4 fully saturated rings. The summed E-state index contributed by atoms with van der Waals surface area (Å²) in [5, 5.41) is 2.94. The average molecular weight is 434 g/mol. The summed E-state index contributed by atoms with van der Waals surface area (Å²) in [6.07, 6.45) is -0.980. The van der Waals surface area contributed by atoms with E-state index in [2.05, 4.69) is 10.00 Å². The number of hydrogen-bond acceptors (Lipinski definition) is 5. The first-order valence-electron chi connectivity index (χ1n) is 9.95. The highest BCUT2D eigenvalue weighted by Crippen LogP contribution is 2.54. The number of sulfonamides is 1. The van der Waals surface area contributed by atoms with E-state index in [-0.39, 0.29) is 5.41 Å². The van der Waals surface area contributed by atoms with Gasteiger partial charge in [-0.3, -0.25) is 9.58 Å². The number of rotatable bonds is 3. The highest BCUT2D eigenvalue weighted by molar-refractivity contribution is 7.89. The van der Waals surface area contributed by atoms with Gasteiger partial charge in [-0.15, -0.1) is 0 Å². The molecular weight excluding hydrogens is 409 g/mol. The Balaban J connectivity index is 1.19. The summed E-state index contributed by atoms with van der Waals surface area (Å²) >= 11 is 0. The van der Waals surface area contributed by atoms with E-state index in [1.54, 1.807) is 0 Å². The van der Waals surface area contributed by atoms with Crippen LogP contribution in [0.3, 0.4) is 0 Å². The molecular formula is C18H25F3N4O3S. The van der Waals surface area contributed by atoms with Gasteiger partial charge in [-0.25, -0.2) is 8.42 Å². The van der Waals surface area contributed by atoms with Gasteiger partial charge in [0.25, 0.3) is 10.0 Å². The number of aryl methyl sites for hydroxylation is 1. The van der Waals surface area contributed by atoms with Crippen LogP contribution in [0.25, 0.3) is 0 Å². The first-order valence-corrected chi connectivity index (χ1v) is 11.4. The van der Waals surface area contributed by atoms with Gasteiger partial charge in [0.1, 0.15) is 0 Å². The standard InChI is InChI=1S/C18H25F3N4O3S/c1-23-15(6-14(22-23)18(19,20)21)29(26,27)25-4-2-16(3-5-25)7-13(8-16)24-9-17(10-24)11-28-12-17/h6,13H,2-5,7-12H2,1H3. The Bertz CT molecular complexity index is 901. The van der Waals surface area contributed by atoms with Crippen molar-refractivity contribution in [3.63, 3.8) is 0 Å². The molecule has 5 rings (SSSR count). The Morgan fingerprint density at radius 2 is 1.76 bits per heavy atom. The van der Waals surface area contributed by atoms with Crippen molar-refractivity contribution in [2.45, 2.75) is 42.9 Å². The van der Waals surface area contributed by atoms with E-state index in [0.717, 1.165) is 56.7 Å². The zero-order valence-electron chi connectivity index (χ0n) is 16.3. The Kier molecular flexibility index (Phi) is 4.21. The summed E-state index contributed by atoms with van der Waals surface area (Å²) in [5.74, 6) is 0. The quantitative estimate of drug-likeness (QED) is 0.725. The molecule has 3 saturated heterocycles. The maximum Gasteiger partial charge on any atom is 0.435 e. The van der Waals surface area contributed by atoms with Crippen molar-refractivity contribution in [2.24, 2.45) is 17.9 Å². The molecule has 1 saturated carbocycles. The Morgan fingerprint density at radius 1 is 1.14 bits per heavy atom. The molecule has 0 amide bonds. The predicted octanol–water partition coefficient (Wildman–Crippen LogP) is 1.70. The third-order valence-corrected chi connectivity index (χ3v) is 9.22. The highest BCUT2D eigenvalue weighted by Gasteiger charge is 2.56. The molecule has 29 heavy (non-hydrogen) atoms. The second kappa shape index (κ2) is 6.18. The summed E-state index contributed by atoms with van der Waals surface area (Å²) in [6.45, 7) is 4.65. The average Bonchev–Trinajstić information content (AvgIpc) is 2.94. The fourth-order valence-electron chi connectivity index (χ4n) is 5.42. The maximum absolute atomic E-state index is 12.9. The molecule has 0 bridgehead atoms. The van der Waals surface area contributed by atoms with E-state index >= 15 is 0 Å². The number of likely N-dealkylation sites (tertiary alicyclic amines) is 1. The van der Waals surface area contributed by atoms with Crippen molar-refractivity contribution < 1.29 is 26.3 Å². The summed E-state index contributed by atoms with van der Waals surface area (Å²) < 4.78 is 71.9. The normalized spacial score (nSPS) is 27.6. The van der Waals surface area contributed by atoms with Crippen molar-refractivity contribution in [2.75, 3.05) is 39.4 Å². The first kappa shape index (κ1) is 19.8. The van der Waals surface area contributed by atoms with Gasteiger partial charge in [-0.1, -0.05) is 0 Å². The van der Waals surface area contributed by atoms with E-state index in [1.807, 2.05) is 0 Å². The molecule has 7 nitrogen and oxygen atoms in total. The number of ether oxygens (including phenoxy) is 1. The van der Waals surface area contributed by atoms with E-state index < -0.39 is 26.9 Å². The number of hydrogen-bond donors (Lipinski definition) is 0. The number of alkyl halides is 3. The summed E-state index contributed by atoms with van der Waals surface area (Å²) in [7, 11) is -2.76. The van der Waals surface area contributed by atoms with Crippen LogP contribution in [0.5, 0.6) is 0 Å². The topological polar surface area (TPSA) is 67.7 Å². The molecule has 3 aliphatic heterocycles. The van der Waals surface area contributed by atoms with Crippen molar-refractivity contribution in [1.29, 1.82) is 0 Å². The summed E-state index contributed by atoms with van der Waals surface area (Å²) in [6, 6.07) is 1.21. The van der Waals surface area contributed by atoms with Gasteiger partial charge in [0.05, 0.1) is 13.2 Å². The zero-order chi connectivity index (χ0) is 20.7. The van der Waals surface area contributed by atoms with Gasteiger partial charge in [-0.2, -0.15) is 22.6 Å². The predicted molar refractivity (Wildman–Crippen MR) is 96.5 cm³/mol. The van der Waals surface area contributed by atoms with Gasteiger partial charge in [0.2, 0.25) is 0 Å². The molecule has 0 radical (unpaired) electrons. The second-order valence-corrected chi connectivity index (χ2v) is 11.2. The van der Waals surface area contributed by atoms with Gasteiger partial charge >= 0.3 is 6.18 Å². The number of nitrogens with zero attached hydrogens (tertiary/aromatic N) is 4. The molecule has 0 atom stereocenters. The van der Waals surface area contributed by atoms with Crippen LogP contribution in [0.1, 0.15) is 31.4 Å². The fraction of sp³-hybridized carbons (Fsp3) is 0.833. The maximum atomic E-state index is 12.9. The van der Waals surface area contributed by atoms with Crippen molar-refractivity contribution in [3.8, 4) is 0 Å². The van der Waals surface area contributed by atoms with E-state index in [9.17, 15) is 21.6 Å². The lowest BCUT2D eigenvalue weighted by Crippen LogP contribution is -2.70. The van der Waals surface area contributed by atoms with Crippen LogP contribution in [0.15, 0.2) is 11.1 Å². The largest absolute Gasteiger partial charge is 0.435 e. The van der Waals surface area contributed by atoms with Crippen LogP contribution < -0.4 is 0 Å². The third kappa shape index (κ3) is 3.12.